The van der Waals surface area contributed by atoms with Crippen LogP contribution in [0.25, 0.3) is 0 Å². The third-order valence-corrected chi connectivity index (χ3v) is 4.05. The highest BCUT2D eigenvalue weighted by atomic mass is 16.7. The first-order chi connectivity index (χ1) is 12.7. The van der Waals surface area contributed by atoms with Crippen molar-refractivity contribution >= 4 is 5.91 Å². The van der Waals surface area contributed by atoms with Crippen molar-refractivity contribution < 1.29 is 60.2 Å². The maximum Gasteiger partial charge on any atom is 0.251 e. The van der Waals surface area contributed by atoms with Crippen LogP contribution in [0.1, 0.15) is 0 Å². The molecule has 1 heterocycles. The van der Waals surface area contributed by atoms with E-state index < -0.39 is 80.8 Å². The topological polar surface area (TPSA) is 230 Å². The summed E-state index contributed by atoms with van der Waals surface area (Å²) < 4.78 is 10.2. The van der Waals surface area contributed by atoms with Crippen molar-refractivity contribution in [2.24, 2.45) is 0 Å². The number of nitrogens with one attached hydrogen (secondary N) is 1. The molecule has 0 radical (unpaired) electrons. The molecule has 27 heavy (non-hydrogen) atoms. The number of carbonyl (C=O) groups is 1. The number of aliphatic hydroxyl groups is 9. The minimum absolute atomic E-state index is 0.219. The first-order valence-corrected chi connectivity index (χ1v) is 8.19. The Morgan fingerprint density at radius 2 is 1.67 bits per heavy atom. The average Bonchev–Trinajstić information content (AvgIpc) is 2.68. The van der Waals surface area contributed by atoms with E-state index in [0.29, 0.717) is 0 Å². The van der Waals surface area contributed by atoms with Gasteiger partial charge < -0.3 is 60.7 Å². The SMILES string of the molecule is O=C(NCCO)[C@H](O)[C@@H](O)[C@H](O[C@H]1O[C@H](CO)[C@@H](O)[C@H](O)[C@H]1O)[C@H](O)CO. The molecule has 0 aromatic heterocycles. The number of rotatable bonds is 10. The smallest absolute Gasteiger partial charge is 0.251 e. The Morgan fingerprint density at radius 1 is 1.04 bits per heavy atom. The second-order valence-electron chi connectivity index (χ2n) is 6.00. The van der Waals surface area contributed by atoms with E-state index in [1.165, 1.54) is 0 Å². The van der Waals surface area contributed by atoms with E-state index in [2.05, 4.69) is 5.32 Å². The highest BCUT2D eigenvalue weighted by Gasteiger charge is 2.47. The van der Waals surface area contributed by atoms with Crippen molar-refractivity contribution in [1.82, 2.24) is 5.32 Å². The van der Waals surface area contributed by atoms with E-state index in [1.54, 1.807) is 0 Å². The molecule has 0 bridgehead atoms. The summed E-state index contributed by atoms with van der Waals surface area (Å²) >= 11 is 0. The second-order valence-corrected chi connectivity index (χ2v) is 6.00. The summed E-state index contributed by atoms with van der Waals surface area (Å²) in [6.45, 7) is -2.38. The van der Waals surface area contributed by atoms with Crippen molar-refractivity contribution in [3.8, 4) is 0 Å². The predicted molar refractivity (Wildman–Crippen MR) is 83.8 cm³/mol. The third kappa shape index (κ3) is 6.00. The number of hydrogen-bond acceptors (Lipinski definition) is 12. The summed E-state index contributed by atoms with van der Waals surface area (Å²) in [5.41, 5.74) is 0. The standard InChI is InChI=1S/C14H27NO12/c16-2-1-15-13(25)10(23)9(22)12(5(19)3-17)27-14-11(24)8(21)7(20)6(4-18)26-14/h5-12,14,16-24H,1-4H2,(H,15,25)/t5-,6-,7-,8+,9-,10-,11-,12-,14-/m1/s1. The molecular weight excluding hydrogens is 374 g/mol. The molecule has 0 unspecified atom stereocenters. The van der Waals surface area contributed by atoms with E-state index in [9.17, 15) is 35.4 Å². The Balaban J connectivity index is 2.92. The molecule has 0 spiro atoms. The van der Waals surface area contributed by atoms with Gasteiger partial charge in [0.25, 0.3) is 5.91 Å². The molecule has 1 aliphatic rings. The van der Waals surface area contributed by atoms with Gasteiger partial charge in [-0.2, -0.15) is 0 Å². The molecule has 0 aromatic rings. The van der Waals surface area contributed by atoms with Crippen LogP contribution in [0.3, 0.4) is 0 Å². The number of ether oxygens (including phenoxy) is 2. The van der Waals surface area contributed by atoms with Gasteiger partial charge in [-0.25, -0.2) is 0 Å². The van der Waals surface area contributed by atoms with E-state index >= 15 is 0 Å². The lowest BCUT2D eigenvalue weighted by atomic mass is 9.98. The Labute approximate surface area is 154 Å². The van der Waals surface area contributed by atoms with Gasteiger partial charge in [-0.05, 0) is 0 Å². The van der Waals surface area contributed by atoms with Crippen LogP contribution < -0.4 is 5.32 Å². The van der Waals surface area contributed by atoms with Gasteiger partial charge in [-0.15, -0.1) is 0 Å². The normalized spacial score (nSPS) is 33.1. The molecule has 1 fully saturated rings. The van der Waals surface area contributed by atoms with Crippen LogP contribution in [0.15, 0.2) is 0 Å². The molecule has 1 rings (SSSR count). The van der Waals surface area contributed by atoms with Crippen LogP contribution in [0.2, 0.25) is 0 Å². The summed E-state index contributed by atoms with van der Waals surface area (Å²) in [5.74, 6) is -1.11. The fourth-order valence-electron chi connectivity index (χ4n) is 2.46. The molecule has 160 valence electrons. The molecule has 13 nitrogen and oxygen atoms in total. The lowest BCUT2D eigenvalue weighted by Gasteiger charge is -2.42. The highest BCUT2D eigenvalue weighted by molar-refractivity contribution is 5.81. The third-order valence-electron chi connectivity index (χ3n) is 4.05. The number of carbonyl (C=O) groups excluding carboxylic acids is 1. The number of amides is 1. The minimum atomic E-state index is -2.15. The van der Waals surface area contributed by atoms with Gasteiger partial charge in [0, 0.05) is 6.54 Å². The Morgan fingerprint density at radius 3 is 2.19 bits per heavy atom. The molecule has 9 atom stereocenters. The molecule has 0 aliphatic carbocycles. The summed E-state index contributed by atoms with van der Waals surface area (Å²) in [7, 11) is 0. The summed E-state index contributed by atoms with van der Waals surface area (Å²) in [6.07, 6.45) is -16.4. The number of hydrogen-bond donors (Lipinski definition) is 10. The molecule has 1 aliphatic heterocycles. The van der Waals surface area contributed by atoms with E-state index in [1.807, 2.05) is 0 Å². The van der Waals surface area contributed by atoms with Gasteiger partial charge in [0.1, 0.15) is 42.7 Å². The quantitative estimate of drug-likeness (QED) is 0.165. The number of aliphatic hydroxyl groups excluding tert-OH is 9. The molecule has 1 saturated heterocycles. The fourth-order valence-corrected chi connectivity index (χ4v) is 2.46. The maximum absolute atomic E-state index is 11.7. The monoisotopic (exact) mass is 401 g/mol. The van der Waals surface area contributed by atoms with E-state index in [0.717, 1.165) is 0 Å². The van der Waals surface area contributed by atoms with E-state index in [4.69, 9.17) is 24.8 Å². The van der Waals surface area contributed by atoms with Crippen LogP contribution >= 0.6 is 0 Å². The highest BCUT2D eigenvalue weighted by Crippen LogP contribution is 2.25. The predicted octanol–water partition coefficient (Wildman–Crippen LogP) is -6.64. The van der Waals surface area contributed by atoms with Crippen molar-refractivity contribution in [3.05, 3.63) is 0 Å². The molecule has 13 heteroatoms. The first-order valence-electron chi connectivity index (χ1n) is 8.19. The van der Waals surface area contributed by atoms with Gasteiger partial charge in [0.15, 0.2) is 12.4 Å². The van der Waals surface area contributed by atoms with Crippen molar-refractivity contribution in [3.63, 3.8) is 0 Å². The van der Waals surface area contributed by atoms with Crippen molar-refractivity contribution in [1.29, 1.82) is 0 Å². The summed E-state index contributed by atoms with van der Waals surface area (Å²) in [4.78, 5) is 11.7. The van der Waals surface area contributed by atoms with Crippen LogP contribution in [-0.4, -0.2) is 133 Å². The lowest BCUT2D eigenvalue weighted by Crippen LogP contribution is -2.62. The lowest BCUT2D eigenvalue weighted by molar-refractivity contribution is -0.326. The zero-order valence-electron chi connectivity index (χ0n) is 14.3. The van der Waals surface area contributed by atoms with Crippen LogP contribution in [0.4, 0.5) is 0 Å². The second kappa shape index (κ2) is 11.1. The first kappa shape index (κ1) is 24.1. The van der Waals surface area contributed by atoms with E-state index in [-0.39, 0.29) is 6.54 Å². The molecule has 1 amide bonds. The van der Waals surface area contributed by atoms with Crippen molar-refractivity contribution in [2.45, 2.75) is 55.1 Å². The molecule has 10 N–H and O–H groups in total. The zero-order valence-corrected chi connectivity index (χ0v) is 14.3. The Kier molecular flexibility index (Phi) is 9.92. The van der Waals surface area contributed by atoms with Crippen LogP contribution in [0.5, 0.6) is 0 Å². The Hall–Kier alpha value is -0.970. The Bertz CT molecular complexity index is 452. The molecule has 0 aromatic carbocycles. The van der Waals surface area contributed by atoms with Gasteiger partial charge in [-0.1, -0.05) is 0 Å². The molecular formula is C14H27NO12. The van der Waals surface area contributed by atoms with Gasteiger partial charge in [0.2, 0.25) is 0 Å². The largest absolute Gasteiger partial charge is 0.395 e. The van der Waals surface area contributed by atoms with Crippen LogP contribution in [-0.2, 0) is 14.3 Å². The van der Waals surface area contributed by atoms with Gasteiger partial charge in [0.05, 0.1) is 19.8 Å². The average molecular weight is 401 g/mol. The van der Waals surface area contributed by atoms with Crippen molar-refractivity contribution in [2.75, 3.05) is 26.4 Å². The zero-order chi connectivity index (χ0) is 20.7. The minimum Gasteiger partial charge on any atom is -0.395 e. The summed E-state index contributed by atoms with van der Waals surface area (Å²) in [6, 6.07) is 0. The maximum atomic E-state index is 11.7. The van der Waals surface area contributed by atoms with Gasteiger partial charge in [-0.3, -0.25) is 4.79 Å². The van der Waals surface area contributed by atoms with Crippen LogP contribution in [0, 0.1) is 0 Å². The summed E-state index contributed by atoms with van der Waals surface area (Å²) in [5, 5.41) is 88.2. The molecule has 0 saturated carbocycles. The fraction of sp³-hybridized carbons (Fsp3) is 0.929. The van der Waals surface area contributed by atoms with Gasteiger partial charge >= 0.3 is 0 Å².